The zero-order valence-corrected chi connectivity index (χ0v) is 10.7. The van der Waals surface area contributed by atoms with Crippen LogP contribution >= 0.6 is 0 Å². The van der Waals surface area contributed by atoms with E-state index in [1.165, 1.54) is 6.20 Å². The number of benzene rings is 1. The van der Waals surface area contributed by atoms with E-state index in [1.54, 1.807) is 12.4 Å². The van der Waals surface area contributed by atoms with Gasteiger partial charge in [0.2, 0.25) is 0 Å². The largest absolute Gasteiger partial charge is 0.322 e. The summed E-state index contributed by atoms with van der Waals surface area (Å²) in [5.74, 6) is -0.185. The number of hydrogen-bond acceptors (Lipinski definition) is 3. The van der Waals surface area contributed by atoms with Gasteiger partial charge in [0.1, 0.15) is 0 Å². The third-order valence-electron chi connectivity index (χ3n) is 2.85. The molecule has 0 bridgehead atoms. The lowest BCUT2D eigenvalue weighted by atomic mass is 10.2. The first-order valence-corrected chi connectivity index (χ1v) is 6.18. The van der Waals surface area contributed by atoms with E-state index in [-0.39, 0.29) is 5.91 Å². The van der Waals surface area contributed by atoms with Crippen molar-refractivity contribution < 1.29 is 4.79 Å². The Bertz CT molecular complexity index is 688. The van der Waals surface area contributed by atoms with Crippen LogP contribution in [0.1, 0.15) is 15.9 Å². The summed E-state index contributed by atoms with van der Waals surface area (Å²) in [6, 6.07) is 9.56. The molecule has 0 unspecified atom stereocenters. The van der Waals surface area contributed by atoms with Crippen LogP contribution in [-0.4, -0.2) is 25.9 Å². The summed E-state index contributed by atoms with van der Waals surface area (Å²) < 4.78 is 1.83. The monoisotopic (exact) mass is 267 g/mol. The van der Waals surface area contributed by atoms with Crippen LogP contribution in [0.15, 0.2) is 55.1 Å². The van der Waals surface area contributed by atoms with Crippen LogP contribution in [0.25, 0.3) is 0 Å². The molecule has 20 heavy (non-hydrogen) atoms. The van der Waals surface area contributed by atoms with Gasteiger partial charge in [0.25, 0.3) is 5.91 Å². The van der Waals surface area contributed by atoms with Gasteiger partial charge in [-0.15, -0.1) is 0 Å². The van der Waals surface area contributed by atoms with Gasteiger partial charge in [-0.3, -0.25) is 14.6 Å². The van der Waals surface area contributed by atoms with Crippen molar-refractivity contribution in [1.29, 1.82) is 0 Å². The highest BCUT2D eigenvalue weighted by atomic mass is 16.1. The zero-order chi connectivity index (χ0) is 13.8. The fraction of sp³-hybridized carbons (Fsp3) is 0.0714. The standard InChI is InChI=1S/C14H13N5O/c20-14(12-8-15-16-9-12)18-13-4-1-3-11(7-13)10-19-6-2-5-17-19/h1-9H,10H2,(H,15,16)(H,18,20). The van der Waals surface area contributed by atoms with Crippen LogP contribution in [0, 0.1) is 0 Å². The molecule has 2 heterocycles. The summed E-state index contributed by atoms with van der Waals surface area (Å²) in [7, 11) is 0. The first-order valence-electron chi connectivity index (χ1n) is 6.18. The van der Waals surface area contributed by atoms with Gasteiger partial charge >= 0.3 is 0 Å². The van der Waals surface area contributed by atoms with Crippen molar-refractivity contribution >= 4 is 11.6 Å². The Morgan fingerprint density at radius 3 is 3.05 bits per heavy atom. The van der Waals surface area contributed by atoms with E-state index >= 15 is 0 Å². The molecule has 0 radical (unpaired) electrons. The number of anilines is 1. The van der Waals surface area contributed by atoms with Gasteiger partial charge in [-0.25, -0.2) is 0 Å². The number of nitrogens with one attached hydrogen (secondary N) is 2. The highest BCUT2D eigenvalue weighted by Gasteiger charge is 2.07. The van der Waals surface area contributed by atoms with Crippen molar-refractivity contribution in [3.63, 3.8) is 0 Å². The molecule has 1 aromatic carbocycles. The summed E-state index contributed by atoms with van der Waals surface area (Å²) in [6.07, 6.45) is 6.69. The van der Waals surface area contributed by atoms with Crippen molar-refractivity contribution in [2.45, 2.75) is 6.54 Å². The fourth-order valence-electron chi connectivity index (χ4n) is 1.91. The van der Waals surface area contributed by atoms with Crippen LogP contribution in [0.3, 0.4) is 0 Å². The normalized spacial score (nSPS) is 10.4. The van der Waals surface area contributed by atoms with E-state index in [2.05, 4.69) is 20.6 Å². The Morgan fingerprint density at radius 2 is 2.30 bits per heavy atom. The van der Waals surface area contributed by atoms with Gasteiger partial charge in [-0.05, 0) is 23.8 Å². The number of carbonyl (C=O) groups excluding carboxylic acids is 1. The molecule has 0 aliphatic heterocycles. The van der Waals surface area contributed by atoms with Crippen molar-refractivity contribution in [2.24, 2.45) is 0 Å². The molecule has 2 aromatic heterocycles. The second-order valence-electron chi connectivity index (χ2n) is 4.35. The number of H-pyrrole nitrogens is 1. The molecule has 0 aliphatic carbocycles. The molecule has 0 atom stereocenters. The molecule has 0 spiro atoms. The minimum atomic E-state index is -0.185. The molecule has 3 rings (SSSR count). The number of rotatable bonds is 4. The molecule has 2 N–H and O–H groups in total. The third kappa shape index (κ3) is 2.74. The SMILES string of the molecule is O=C(Nc1cccc(Cn2cccn2)c1)c1cn[nH]c1. The Labute approximate surface area is 115 Å². The maximum atomic E-state index is 11.9. The minimum Gasteiger partial charge on any atom is -0.322 e. The van der Waals surface area contributed by atoms with Gasteiger partial charge < -0.3 is 5.32 Å². The van der Waals surface area contributed by atoms with E-state index in [4.69, 9.17) is 0 Å². The molecule has 1 amide bonds. The molecule has 6 heteroatoms. The average Bonchev–Trinajstić information content (AvgIpc) is 3.12. The topological polar surface area (TPSA) is 75.6 Å². The predicted molar refractivity (Wildman–Crippen MR) is 74.3 cm³/mol. The number of carbonyl (C=O) groups is 1. The maximum absolute atomic E-state index is 11.9. The quantitative estimate of drug-likeness (QED) is 0.758. The Kier molecular flexibility index (Phi) is 3.28. The molecular formula is C14H13N5O. The molecule has 0 saturated carbocycles. The predicted octanol–water partition coefficient (Wildman–Crippen LogP) is 1.91. The highest BCUT2D eigenvalue weighted by molar-refractivity contribution is 6.03. The number of nitrogens with zero attached hydrogens (tertiary/aromatic N) is 3. The smallest absolute Gasteiger partial charge is 0.258 e. The number of aromatic amines is 1. The zero-order valence-electron chi connectivity index (χ0n) is 10.7. The molecule has 3 aromatic rings. The average molecular weight is 267 g/mol. The van der Waals surface area contributed by atoms with Crippen LogP contribution in [0.5, 0.6) is 0 Å². The summed E-state index contributed by atoms with van der Waals surface area (Å²) in [5, 5.41) is 13.4. The minimum absolute atomic E-state index is 0.185. The van der Waals surface area contributed by atoms with Crippen LogP contribution in [0.4, 0.5) is 5.69 Å². The molecule has 6 nitrogen and oxygen atoms in total. The second kappa shape index (κ2) is 5.40. The molecule has 0 saturated heterocycles. The molecule has 0 aliphatic rings. The molecule has 0 fully saturated rings. The lowest BCUT2D eigenvalue weighted by Crippen LogP contribution is -2.11. The van der Waals surface area contributed by atoms with Crippen molar-refractivity contribution in [2.75, 3.05) is 5.32 Å². The van der Waals surface area contributed by atoms with E-state index in [0.29, 0.717) is 12.1 Å². The van der Waals surface area contributed by atoms with E-state index < -0.39 is 0 Å². The summed E-state index contributed by atoms with van der Waals surface area (Å²) in [6.45, 7) is 0.669. The van der Waals surface area contributed by atoms with E-state index in [1.807, 2.05) is 41.2 Å². The van der Waals surface area contributed by atoms with Gasteiger partial charge in [0.05, 0.1) is 18.3 Å². The molecular weight excluding hydrogens is 254 g/mol. The Hall–Kier alpha value is -2.89. The van der Waals surface area contributed by atoms with Gasteiger partial charge in [-0.2, -0.15) is 10.2 Å². The van der Waals surface area contributed by atoms with Gasteiger partial charge in [0.15, 0.2) is 0 Å². The number of hydrogen-bond donors (Lipinski definition) is 2. The first kappa shape index (κ1) is 12.2. The van der Waals surface area contributed by atoms with Crippen LogP contribution in [0.2, 0.25) is 0 Å². The van der Waals surface area contributed by atoms with Crippen LogP contribution in [-0.2, 0) is 6.54 Å². The number of aromatic nitrogens is 4. The van der Waals surface area contributed by atoms with Gasteiger partial charge in [0, 0.05) is 24.3 Å². The summed E-state index contributed by atoms with van der Waals surface area (Å²) in [5.41, 5.74) is 2.32. The summed E-state index contributed by atoms with van der Waals surface area (Å²) in [4.78, 5) is 11.9. The molecule has 100 valence electrons. The van der Waals surface area contributed by atoms with Crippen LogP contribution < -0.4 is 5.32 Å². The lowest BCUT2D eigenvalue weighted by Gasteiger charge is -2.07. The lowest BCUT2D eigenvalue weighted by molar-refractivity contribution is 0.102. The maximum Gasteiger partial charge on any atom is 0.258 e. The summed E-state index contributed by atoms with van der Waals surface area (Å²) >= 11 is 0. The van der Waals surface area contributed by atoms with Crippen molar-refractivity contribution in [3.8, 4) is 0 Å². The second-order valence-corrected chi connectivity index (χ2v) is 4.35. The van der Waals surface area contributed by atoms with Crippen molar-refractivity contribution in [1.82, 2.24) is 20.0 Å². The highest BCUT2D eigenvalue weighted by Crippen LogP contribution is 2.13. The third-order valence-corrected chi connectivity index (χ3v) is 2.85. The van der Waals surface area contributed by atoms with E-state index in [9.17, 15) is 4.79 Å². The first-order chi connectivity index (χ1) is 9.81. The van der Waals surface area contributed by atoms with Crippen molar-refractivity contribution in [3.05, 3.63) is 66.2 Å². The Balaban J connectivity index is 1.73. The number of amides is 1. The van der Waals surface area contributed by atoms with Gasteiger partial charge in [-0.1, -0.05) is 12.1 Å². The Morgan fingerprint density at radius 1 is 1.35 bits per heavy atom. The fourth-order valence-corrected chi connectivity index (χ4v) is 1.91. The van der Waals surface area contributed by atoms with E-state index in [0.717, 1.165) is 11.3 Å².